The van der Waals surface area contributed by atoms with E-state index in [-0.39, 0.29) is 0 Å². The van der Waals surface area contributed by atoms with Crippen molar-refractivity contribution in [2.75, 3.05) is 13.2 Å². The minimum absolute atomic E-state index is 0.498. The Morgan fingerprint density at radius 1 is 1.36 bits per heavy atom. The second-order valence-electron chi connectivity index (χ2n) is 3.39. The lowest BCUT2D eigenvalue weighted by molar-refractivity contribution is 0.193. The van der Waals surface area contributed by atoms with Gasteiger partial charge in [0.25, 0.3) is 0 Å². The van der Waals surface area contributed by atoms with Gasteiger partial charge in [-0.05, 0) is 20.3 Å². The van der Waals surface area contributed by atoms with E-state index in [1.807, 2.05) is 20.8 Å². The lowest BCUT2D eigenvalue weighted by Crippen LogP contribution is -1.99. The number of H-pyrrole nitrogens is 1. The molecule has 80 valence electrons. The van der Waals surface area contributed by atoms with Gasteiger partial charge in [-0.3, -0.25) is 0 Å². The normalized spacial score (nSPS) is 20.4. The van der Waals surface area contributed by atoms with E-state index in [1.165, 1.54) is 5.69 Å². The zero-order valence-electron chi connectivity index (χ0n) is 9.55. The van der Waals surface area contributed by atoms with Crippen LogP contribution in [0.2, 0.25) is 0 Å². The van der Waals surface area contributed by atoms with Crippen LogP contribution in [-0.2, 0) is 4.74 Å². The molecule has 1 N–H and O–H groups in total. The third-order valence-electron chi connectivity index (χ3n) is 2.46. The van der Waals surface area contributed by atoms with Crippen molar-refractivity contribution in [3.8, 4) is 0 Å². The Morgan fingerprint density at radius 2 is 2.07 bits per heavy atom. The molecular formula is C11H20N2O. The molecule has 1 unspecified atom stereocenters. The second-order valence-corrected chi connectivity index (χ2v) is 3.39. The standard InChI is InChI=1S/C9H14N2O.C2H6/c1-6-7(2)11-9(10-6)8-3-4-12-5-8;1-2/h8H,3-5H2,1-2H3,(H,10,11);1-2H3. The molecule has 0 aliphatic carbocycles. The molecule has 3 nitrogen and oxygen atoms in total. The van der Waals surface area contributed by atoms with Crippen molar-refractivity contribution in [1.82, 2.24) is 9.97 Å². The van der Waals surface area contributed by atoms with Crippen LogP contribution in [0.25, 0.3) is 0 Å². The number of aromatic nitrogens is 2. The molecule has 0 saturated carbocycles. The average Bonchev–Trinajstić information content (AvgIpc) is 2.80. The Kier molecular flexibility index (Phi) is 4.14. The fourth-order valence-electron chi connectivity index (χ4n) is 1.52. The summed E-state index contributed by atoms with van der Waals surface area (Å²) in [6.07, 6.45) is 1.10. The molecule has 14 heavy (non-hydrogen) atoms. The SMILES string of the molecule is CC.Cc1nc(C2CCOC2)[nH]c1C. The lowest BCUT2D eigenvalue weighted by atomic mass is 10.1. The molecule has 1 aromatic rings. The quantitative estimate of drug-likeness (QED) is 0.749. The van der Waals surface area contributed by atoms with Crippen LogP contribution in [-0.4, -0.2) is 23.2 Å². The molecule has 1 aliphatic rings. The molecular weight excluding hydrogens is 176 g/mol. The van der Waals surface area contributed by atoms with Gasteiger partial charge >= 0.3 is 0 Å². The average molecular weight is 196 g/mol. The van der Waals surface area contributed by atoms with Crippen LogP contribution < -0.4 is 0 Å². The van der Waals surface area contributed by atoms with Gasteiger partial charge in [0.2, 0.25) is 0 Å². The van der Waals surface area contributed by atoms with Crippen molar-refractivity contribution >= 4 is 0 Å². The summed E-state index contributed by atoms with van der Waals surface area (Å²) in [5, 5.41) is 0. The van der Waals surface area contributed by atoms with Gasteiger partial charge in [-0.1, -0.05) is 13.8 Å². The van der Waals surface area contributed by atoms with Gasteiger partial charge in [-0.25, -0.2) is 4.98 Å². The molecule has 2 heterocycles. The Hall–Kier alpha value is -0.830. The molecule has 1 atom stereocenters. The zero-order valence-corrected chi connectivity index (χ0v) is 9.55. The number of aromatic amines is 1. The van der Waals surface area contributed by atoms with Crippen molar-refractivity contribution < 1.29 is 4.74 Å². The Morgan fingerprint density at radius 3 is 2.50 bits per heavy atom. The summed E-state index contributed by atoms with van der Waals surface area (Å²) in [6, 6.07) is 0. The monoisotopic (exact) mass is 196 g/mol. The zero-order chi connectivity index (χ0) is 10.6. The fraction of sp³-hybridized carbons (Fsp3) is 0.727. The summed E-state index contributed by atoms with van der Waals surface area (Å²) in [6.45, 7) is 9.79. The van der Waals surface area contributed by atoms with Crippen LogP contribution in [0.3, 0.4) is 0 Å². The van der Waals surface area contributed by atoms with E-state index in [1.54, 1.807) is 0 Å². The van der Waals surface area contributed by atoms with Gasteiger partial charge < -0.3 is 9.72 Å². The first-order valence-corrected chi connectivity index (χ1v) is 5.38. The highest BCUT2D eigenvalue weighted by Crippen LogP contribution is 2.23. The van der Waals surface area contributed by atoms with Crippen molar-refractivity contribution in [3.63, 3.8) is 0 Å². The molecule has 3 heteroatoms. The van der Waals surface area contributed by atoms with E-state index in [9.17, 15) is 0 Å². The summed E-state index contributed by atoms with van der Waals surface area (Å²) in [5.41, 5.74) is 2.29. The minimum atomic E-state index is 0.498. The van der Waals surface area contributed by atoms with Gasteiger partial charge in [0.1, 0.15) is 5.82 Å². The third kappa shape index (κ3) is 2.35. The summed E-state index contributed by atoms with van der Waals surface area (Å²) in [7, 11) is 0. The number of aryl methyl sites for hydroxylation is 2. The van der Waals surface area contributed by atoms with Crippen LogP contribution in [0.4, 0.5) is 0 Å². The van der Waals surface area contributed by atoms with E-state index >= 15 is 0 Å². The van der Waals surface area contributed by atoms with Gasteiger partial charge in [0.05, 0.1) is 12.3 Å². The maximum atomic E-state index is 5.30. The van der Waals surface area contributed by atoms with Crippen LogP contribution in [0.5, 0.6) is 0 Å². The van der Waals surface area contributed by atoms with Crippen molar-refractivity contribution in [2.45, 2.75) is 40.0 Å². The molecule has 1 aliphatic heterocycles. The maximum Gasteiger partial charge on any atom is 0.112 e. The molecule has 0 radical (unpaired) electrons. The first-order chi connectivity index (χ1) is 6.77. The Balaban J connectivity index is 0.000000461. The summed E-state index contributed by atoms with van der Waals surface area (Å²) in [4.78, 5) is 7.75. The minimum Gasteiger partial charge on any atom is -0.381 e. The Labute approximate surface area is 85.9 Å². The molecule has 0 amide bonds. The predicted octanol–water partition coefficient (Wildman–Crippen LogP) is 2.56. The summed E-state index contributed by atoms with van der Waals surface area (Å²) < 4.78 is 5.30. The topological polar surface area (TPSA) is 37.9 Å². The summed E-state index contributed by atoms with van der Waals surface area (Å²) >= 11 is 0. The van der Waals surface area contributed by atoms with E-state index in [2.05, 4.69) is 16.9 Å². The molecule has 1 aromatic heterocycles. The van der Waals surface area contributed by atoms with E-state index < -0.39 is 0 Å². The van der Waals surface area contributed by atoms with E-state index in [4.69, 9.17) is 4.74 Å². The first-order valence-electron chi connectivity index (χ1n) is 5.38. The maximum absolute atomic E-state index is 5.30. The molecule has 0 spiro atoms. The Bertz CT molecular complexity index is 255. The van der Waals surface area contributed by atoms with Crippen molar-refractivity contribution in [3.05, 3.63) is 17.2 Å². The predicted molar refractivity (Wildman–Crippen MR) is 57.6 cm³/mol. The van der Waals surface area contributed by atoms with Crippen LogP contribution >= 0.6 is 0 Å². The fourth-order valence-corrected chi connectivity index (χ4v) is 1.52. The largest absolute Gasteiger partial charge is 0.381 e. The smallest absolute Gasteiger partial charge is 0.112 e. The number of imidazole rings is 1. The summed E-state index contributed by atoms with van der Waals surface area (Å²) in [5.74, 6) is 1.60. The first kappa shape index (κ1) is 11.2. The van der Waals surface area contributed by atoms with E-state index in [0.717, 1.165) is 31.2 Å². The molecule has 1 fully saturated rings. The van der Waals surface area contributed by atoms with Crippen molar-refractivity contribution in [2.24, 2.45) is 0 Å². The number of rotatable bonds is 1. The van der Waals surface area contributed by atoms with E-state index in [0.29, 0.717) is 5.92 Å². The highest BCUT2D eigenvalue weighted by Gasteiger charge is 2.20. The second kappa shape index (κ2) is 5.15. The van der Waals surface area contributed by atoms with Crippen molar-refractivity contribution in [1.29, 1.82) is 0 Å². The van der Waals surface area contributed by atoms with Crippen LogP contribution in [0, 0.1) is 13.8 Å². The molecule has 0 aromatic carbocycles. The number of hydrogen-bond acceptors (Lipinski definition) is 2. The lowest BCUT2D eigenvalue weighted by Gasteiger charge is -2.00. The number of nitrogens with zero attached hydrogens (tertiary/aromatic N) is 1. The molecule has 2 rings (SSSR count). The van der Waals surface area contributed by atoms with Crippen LogP contribution in [0.15, 0.2) is 0 Å². The van der Waals surface area contributed by atoms with Gasteiger partial charge in [-0.15, -0.1) is 0 Å². The molecule has 1 saturated heterocycles. The van der Waals surface area contributed by atoms with Gasteiger partial charge in [-0.2, -0.15) is 0 Å². The van der Waals surface area contributed by atoms with Gasteiger partial charge in [0.15, 0.2) is 0 Å². The third-order valence-corrected chi connectivity index (χ3v) is 2.46. The number of nitrogens with one attached hydrogen (secondary N) is 1. The highest BCUT2D eigenvalue weighted by atomic mass is 16.5. The van der Waals surface area contributed by atoms with Crippen LogP contribution in [0.1, 0.15) is 43.4 Å². The number of hydrogen-bond donors (Lipinski definition) is 1. The molecule has 0 bridgehead atoms. The van der Waals surface area contributed by atoms with Gasteiger partial charge in [0, 0.05) is 18.2 Å². The highest BCUT2D eigenvalue weighted by molar-refractivity contribution is 5.13. The number of ether oxygens (including phenoxy) is 1.